The number of fused-ring (bicyclic) bond motifs is 2. The molecule has 1 aromatic carbocycles. The van der Waals surface area contributed by atoms with E-state index in [9.17, 15) is 4.79 Å². The molecule has 154 valence electrons. The second-order valence-electron chi connectivity index (χ2n) is 6.99. The molecule has 0 aliphatic carbocycles. The summed E-state index contributed by atoms with van der Waals surface area (Å²) in [5.41, 5.74) is 1.94. The number of pyridine rings is 1. The van der Waals surface area contributed by atoms with E-state index >= 15 is 0 Å². The lowest BCUT2D eigenvalue weighted by atomic mass is 10.2. The highest BCUT2D eigenvalue weighted by Gasteiger charge is 2.10. The van der Waals surface area contributed by atoms with E-state index in [2.05, 4.69) is 9.97 Å². The summed E-state index contributed by atoms with van der Waals surface area (Å²) < 4.78 is 19.2. The van der Waals surface area contributed by atoms with Crippen LogP contribution in [-0.4, -0.2) is 27.6 Å². The van der Waals surface area contributed by atoms with Crippen LogP contribution in [0.3, 0.4) is 0 Å². The van der Waals surface area contributed by atoms with Gasteiger partial charge in [-0.05, 0) is 48.5 Å². The average Bonchev–Trinajstić information content (AvgIpc) is 3.28. The van der Waals surface area contributed by atoms with Crippen LogP contribution < -0.4 is 14.9 Å². The molecule has 0 fully saturated rings. The maximum absolute atomic E-state index is 12.7. The highest BCUT2D eigenvalue weighted by atomic mass is 16.5. The number of hydrogen-bond donors (Lipinski definition) is 0. The minimum absolute atomic E-state index is 0.140. The lowest BCUT2D eigenvalue weighted by Crippen LogP contribution is -2.06. The number of rotatable bonds is 7. The molecule has 5 rings (SSSR count). The Morgan fingerprint density at radius 2 is 1.87 bits per heavy atom. The Bertz CT molecular complexity index is 1390. The van der Waals surface area contributed by atoms with Crippen LogP contribution in [0.4, 0.5) is 0 Å². The molecule has 5 aromatic rings. The van der Waals surface area contributed by atoms with Gasteiger partial charge in [0.2, 0.25) is 0 Å². The van der Waals surface area contributed by atoms with Crippen molar-refractivity contribution in [3.8, 4) is 23.0 Å². The van der Waals surface area contributed by atoms with E-state index in [1.54, 1.807) is 36.9 Å². The summed E-state index contributed by atoms with van der Waals surface area (Å²) in [5, 5.41) is 0.469. The normalized spacial score (nSPS) is 11.1. The molecule has 0 amide bonds. The van der Waals surface area contributed by atoms with Crippen molar-refractivity contribution in [3.05, 3.63) is 89.7 Å². The smallest absolute Gasteiger partial charge is 0.193 e. The number of hydrogen-bond acceptors (Lipinski definition) is 6. The van der Waals surface area contributed by atoms with Crippen LogP contribution in [0.15, 0.2) is 88.7 Å². The Hall–Kier alpha value is -4.13. The third-order valence-electron chi connectivity index (χ3n) is 4.83. The molecule has 0 saturated carbocycles. The molecular formula is C24H19N3O4. The molecule has 0 radical (unpaired) electrons. The first-order chi connectivity index (χ1) is 15.3. The molecule has 7 heteroatoms. The van der Waals surface area contributed by atoms with E-state index in [4.69, 9.17) is 13.9 Å². The van der Waals surface area contributed by atoms with Gasteiger partial charge in [-0.3, -0.25) is 9.78 Å². The van der Waals surface area contributed by atoms with Gasteiger partial charge >= 0.3 is 0 Å². The highest BCUT2D eigenvalue weighted by Crippen LogP contribution is 2.24. The molecule has 0 bridgehead atoms. The van der Waals surface area contributed by atoms with Crippen LogP contribution in [0.2, 0.25) is 0 Å². The molecule has 0 atom stereocenters. The first-order valence-electron chi connectivity index (χ1n) is 9.93. The van der Waals surface area contributed by atoms with Gasteiger partial charge in [-0.25, -0.2) is 4.98 Å². The van der Waals surface area contributed by atoms with E-state index in [0.29, 0.717) is 47.8 Å². The summed E-state index contributed by atoms with van der Waals surface area (Å²) in [4.78, 5) is 21.1. The maximum Gasteiger partial charge on any atom is 0.193 e. The Kier molecular flexibility index (Phi) is 5.06. The molecule has 0 saturated heterocycles. The number of aromatic nitrogens is 3. The summed E-state index contributed by atoms with van der Waals surface area (Å²) in [6.07, 6.45) is 7.68. The van der Waals surface area contributed by atoms with E-state index in [-0.39, 0.29) is 5.43 Å². The van der Waals surface area contributed by atoms with Crippen LogP contribution in [0, 0.1) is 0 Å². The number of nitrogens with zero attached hydrogens (tertiary/aromatic N) is 3. The fraction of sp³-hybridized carbons (Fsp3) is 0.125. The number of ether oxygens (including phenoxy) is 2. The van der Waals surface area contributed by atoms with Gasteiger partial charge in [0, 0.05) is 30.4 Å². The number of benzene rings is 1. The third-order valence-corrected chi connectivity index (χ3v) is 4.83. The molecule has 4 aromatic heterocycles. The molecule has 0 aliphatic heterocycles. The highest BCUT2D eigenvalue weighted by molar-refractivity contribution is 5.80. The summed E-state index contributed by atoms with van der Waals surface area (Å²) in [5.74, 6) is 1.77. The minimum atomic E-state index is -0.140. The van der Waals surface area contributed by atoms with Gasteiger partial charge in [-0.15, -0.1) is 0 Å². The molecule has 7 nitrogen and oxygen atoms in total. The predicted octanol–water partition coefficient (Wildman–Crippen LogP) is 4.35. The first kappa shape index (κ1) is 18.9. The van der Waals surface area contributed by atoms with Gasteiger partial charge in [0.1, 0.15) is 22.8 Å². The Morgan fingerprint density at radius 1 is 0.968 bits per heavy atom. The zero-order valence-corrected chi connectivity index (χ0v) is 16.6. The molecule has 4 heterocycles. The Labute approximate surface area is 177 Å². The van der Waals surface area contributed by atoms with Crippen molar-refractivity contribution in [3.63, 3.8) is 0 Å². The fourth-order valence-corrected chi connectivity index (χ4v) is 3.29. The van der Waals surface area contributed by atoms with Crippen LogP contribution >= 0.6 is 0 Å². The lowest BCUT2D eigenvalue weighted by molar-refractivity contribution is 0.247. The lowest BCUT2D eigenvalue weighted by Gasteiger charge is -2.09. The van der Waals surface area contributed by atoms with Crippen molar-refractivity contribution >= 4 is 16.5 Å². The van der Waals surface area contributed by atoms with Crippen molar-refractivity contribution in [2.75, 3.05) is 13.2 Å². The molecule has 0 spiro atoms. The van der Waals surface area contributed by atoms with Gasteiger partial charge in [-0.1, -0.05) is 0 Å². The monoisotopic (exact) mass is 413 g/mol. The Morgan fingerprint density at radius 3 is 2.74 bits per heavy atom. The van der Waals surface area contributed by atoms with E-state index in [1.807, 2.05) is 40.9 Å². The van der Waals surface area contributed by atoms with Gasteiger partial charge in [-0.2, -0.15) is 0 Å². The largest absolute Gasteiger partial charge is 0.493 e. The van der Waals surface area contributed by atoms with Crippen LogP contribution in [0.25, 0.3) is 27.9 Å². The summed E-state index contributed by atoms with van der Waals surface area (Å²) in [6, 6.07) is 16.2. The third kappa shape index (κ3) is 4.11. The fourth-order valence-electron chi connectivity index (χ4n) is 3.29. The van der Waals surface area contributed by atoms with Crippen molar-refractivity contribution in [2.45, 2.75) is 6.42 Å². The standard InChI is InChI=1S/C24H19N3O4/c28-22-14-24(21-12-17-4-2-9-27(17)16-26-21)31-23-7-6-18(13-20(22)23)29-10-3-11-30-19-5-1-8-25-15-19/h1-2,4-9,12-16H,3,10-11H2. The second kappa shape index (κ2) is 8.31. The van der Waals surface area contributed by atoms with Crippen LogP contribution in [0.1, 0.15) is 6.42 Å². The first-order valence-corrected chi connectivity index (χ1v) is 9.93. The van der Waals surface area contributed by atoms with Crippen molar-refractivity contribution < 1.29 is 13.9 Å². The summed E-state index contributed by atoms with van der Waals surface area (Å²) in [7, 11) is 0. The van der Waals surface area contributed by atoms with Crippen LogP contribution in [0.5, 0.6) is 11.5 Å². The second-order valence-corrected chi connectivity index (χ2v) is 6.99. The molecule has 31 heavy (non-hydrogen) atoms. The average molecular weight is 413 g/mol. The minimum Gasteiger partial charge on any atom is -0.493 e. The summed E-state index contributed by atoms with van der Waals surface area (Å²) in [6.45, 7) is 0.986. The summed E-state index contributed by atoms with van der Waals surface area (Å²) >= 11 is 0. The van der Waals surface area contributed by atoms with Crippen molar-refractivity contribution in [2.24, 2.45) is 0 Å². The molecule has 0 N–H and O–H groups in total. The van der Waals surface area contributed by atoms with Gasteiger partial charge in [0.05, 0.1) is 31.1 Å². The zero-order chi connectivity index (χ0) is 21.0. The van der Waals surface area contributed by atoms with Crippen molar-refractivity contribution in [1.29, 1.82) is 0 Å². The molecule has 0 unspecified atom stereocenters. The Balaban J connectivity index is 1.28. The SMILES string of the molecule is O=c1cc(-c2cc3cccn3cn2)oc2ccc(OCCCOc3cccnc3)cc12. The van der Waals surface area contributed by atoms with E-state index in [0.717, 1.165) is 11.3 Å². The topological polar surface area (TPSA) is 78.9 Å². The van der Waals surface area contributed by atoms with Gasteiger partial charge in [0.15, 0.2) is 11.2 Å². The molecule has 0 aliphatic rings. The quantitative estimate of drug-likeness (QED) is 0.369. The maximum atomic E-state index is 12.7. The predicted molar refractivity (Wildman–Crippen MR) is 117 cm³/mol. The van der Waals surface area contributed by atoms with E-state index in [1.165, 1.54) is 6.07 Å². The van der Waals surface area contributed by atoms with E-state index < -0.39 is 0 Å². The molecular weight excluding hydrogens is 394 g/mol. The van der Waals surface area contributed by atoms with Gasteiger partial charge < -0.3 is 18.3 Å². The zero-order valence-electron chi connectivity index (χ0n) is 16.6. The van der Waals surface area contributed by atoms with Crippen LogP contribution in [-0.2, 0) is 0 Å². The van der Waals surface area contributed by atoms with Crippen molar-refractivity contribution in [1.82, 2.24) is 14.4 Å². The van der Waals surface area contributed by atoms with Gasteiger partial charge in [0.25, 0.3) is 0 Å².